The van der Waals surface area contributed by atoms with E-state index in [1.807, 2.05) is 6.07 Å². The Morgan fingerprint density at radius 1 is 1.00 bits per heavy atom. The van der Waals surface area contributed by atoms with Gasteiger partial charge in [-0.3, -0.25) is 14.4 Å². The molecule has 0 aliphatic rings. The van der Waals surface area contributed by atoms with Crippen molar-refractivity contribution in [3.8, 4) is 0 Å². The number of rotatable bonds is 6. The minimum Gasteiger partial charge on any atom is -0.300 e. The molecular formula is C13H14O3. The molecule has 0 N–H and O–H groups in total. The number of hydrogen-bond acceptors (Lipinski definition) is 3. The van der Waals surface area contributed by atoms with Gasteiger partial charge in [0.15, 0.2) is 5.78 Å². The summed E-state index contributed by atoms with van der Waals surface area (Å²) in [5.74, 6) is -0.383. The van der Waals surface area contributed by atoms with E-state index in [-0.39, 0.29) is 36.6 Å². The van der Waals surface area contributed by atoms with Crippen molar-refractivity contribution in [2.45, 2.75) is 26.2 Å². The number of ketones is 3. The molecule has 0 aliphatic carbocycles. The lowest BCUT2D eigenvalue weighted by Gasteiger charge is -1.99. The molecule has 0 saturated heterocycles. The average Bonchev–Trinajstić information content (AvgIpc) is 2.26. The van der Waals surface area contributed by atoms with Gasteiger partial charge in [0.05, 0.1) is 6.42 Å². The number of carbonyl (C=O) groups excluding carboxylic acids is 3. The molecule has 0 aromatic heterocycles. The van der Waals surface area contributed by atoms with Gasteiger partial charge in [-0.1, -0.05) is 30.3 Å². The van der Waals surface area contributed by atoms with Gasteiger partial charge in [0.2, 0.25) is 0 Å². The van der Waals surface area contributed by atoms with Crippen molar-refractivity contribution < 1.29 is 14.4 Å². The summed E-state index contributed by atoms with van der Waals surface area (Å²) >= 11 is 0. The molecule has 3 nitrogen and oxygen atoms in total. The lowest BCUT2D eigenvalue weighted by Crippen LogP contribution is -2.07. The van der Waals surface area contributed by atoms with Crippen molar-refractivity contribution in [3.63, 3.8) is 0 Å². The van der Waals surface area contributed by atoms with Crippen molar-refractivity contribution in [1.29, 1.82) is 0 Å². The van der Waals surface area contributed by atoms with Crippen LogP contribution < -0.4 is 0 Å². The highest BCUT2D eigenvalue weighted by molar-refractivity contribution is 6.02. The van der Waals surface area contributed by atoms with Crippen molar-refractivity contribution in [3.05, 3.63) is 35.9 Å². The Balaban J connectivity index is 2.42. The van der Waals surface area contributed by atoms with Crippen LogP contribution in [0.3, 0.4) is 0 Å². The van der Waals surface area contributed by atoms with Crippen molar-refractivity contribution in [2.24, 2.45) is 0 Å². The highest BCUT2D eigenvalue weighted by Crippen LogP contribution is 2.06. The first-order valence-corrected chi connectivity index (χ1v) is 5.19. The summed E-state index contributed by atoms with van der Waals surface area (Å²) in [7, 11) is 0. The zero-order valence-electron chi connectivity index (χ0n) is 9.23. The Kier molecular flexibility index (Phi) is 4.58. The molecule has 1 aromatic rings. The largest absolute Gasteiger partial charge is 0.300 e. The average molecular weight is 218 g/mol. The summed E-state index contributed by atoms with van der Waals surface area (Å²) in [5.41, 5.74) is 0.609. The van der Waals surface area contributed by atoms with Crippen LogP contribution in [0.2, 0.25) is 0 Å². The predicted octanol–water partition coefficient (Wildman–Crippen LogP) is 2.20. The highest BCUT2D eigenvalue weighted by atomic mass is 16.1. The topological polar surface area (TPSA) is 51.2 Å². The lowest BCUT2D eigenvalue weighted by atomic mass is 10.0. The van der Waals surface area contributed by atoms with E-state index in [1.54, 1.807) is 24.3 Å². The molecule has 84 valence electrons. The first-order chi connectivity index (χ1) is 7.59. The summed E-state index contributed by atoms with van der Waals surface area (Å²) in [6, 6.07) is 8.84. The van der Waals surface area contributed by atoms with Gasteiger partial charge in [0, 0.05) is 18.4 Å². The van der Waals surface area contributed by atoms with E-state index in [4.69, 9.17) is 0 Å². The molecule has 0 heterocycles. The number of benzene rings is 1. The number of Topliss-reactive ketones (excluding diaryl/α,β-unsaturated/α-hetero) is 3. The molecule has 3 heteroatoms. The van der Waals surface area contributed by atoms with Crippen LogP contribution in [-0.2, 0) is 9.59 Å². The van der Waals surface area contributed by atoms with Crippen molar-refractivity contribution in [1.82, 2.24) is 0 Å². The molecule has 0 fully saturated rings. The Bertz CT molecular complexity index is 393. The minimum atomic E-state index is -0.170. The Hall–Kier alpha value is -1.77. The number of carbonyl (C=O) groups is 3. The second-order valence-corrected chi connectivity index (χ2v) is 3.71. The molecule has 1 rings (SSSR count). The number of hydrogen-bond donors (Lipinski definition) is 0. The normalized spacial score (nSPS) is 9.81. The van der Waals surface area contributed by atoms with E-state index in [2.05, 4.69) is 0 Å². The summed E-state index contributed by atoms with van der Waals surface area (Å²) in [6.45, 7) is 1.37. The van der Waals surface area contributed by atoms with Crippen LogP contribution in [0.5, 0.6) is 0 Å². The fourth-order valence-electron chi connectivity index (χ4n) is 1.39. The molecule has 0 radical (unpaired) electrons. The third kappa shape index (κ3) is 4.17. The summed E-state index contributed by atoms with van der Waals surface area (Å²) < 4.78 is 0. The monoisotopic (exact) mass is 218 g/mol. The van der Waals surface area contributed by atoms with Crippen LogP contribution in [0.1, 0.15) is 36.5 Å². The molecule has 0 aliphatic heterocycles. The maximum absolute atomic E-state index is 11.6. The van der Waals surface area contributed by atoms with Crippen molar-refractivity contribution >= 4 is 17.3 Å². The van der Waals surface area contributed by atoms with Gasteiger partial charge in [0.1, 0.15) is 11.6 Å². The van der Waals surface area contributed by atoms with Crippen LogP contribution in [0.4, 0.5) is 0 Å². The van der Waals surface area contributed by atoms with E-state index >= 15 is 0 Å². The zero-order chi connectivity index (χ0) is 12.0. The third-order valence-corrected chi connectivity index (χ3v) is 2.17. The standard InChI is InChI=1S/C13H14O3/c1-10(14)9-12(15)7-8-13(16)11-5-3-2-4-6-11/h2-6H,7-9H2,1H3. The van der Waals surface area contributed by atoms with E-state index in [0.717, 1.165) is 0 Å². The van der Waals surface area contributed by atoms with Gasteiger partial charge in [0.25, 0.3) is 0 Å². The van der Waals surface area contributed by atoms with Gasteiger partial charge in [-0.25, -0.2) is 0 Å². The SMILES string of the molecule is CC(=O)CC(=O)CCC(=O)c1ccccc1. The zero-order valence-corrected chi connectivity index (χ0v) is 9.23. The van der Waals surface area contributed by atoms with Gasteiger partial charge >= 0.3 is 0 Å². The first-order valence-electron chi connectivity index (χ1n) is 5.19. The maximum Gasteiger partial charge on any atom is 0.163 e. The van der Waals surface area contributed by atoms with Crippen LogP contribution in [-0.4, -0.2) is 17.3 Å². The summed E-state index contributed by atoms with van der Waals surface area (Å²) in [6.07, 6.45) is 0.255. The highest BCUT2D eigenvalue weighted by Gasteiger charge is 2.10. The molecular weight excluding hydrogens is 204 g/mol. The molecule has 1 aromatic carbocycles. The fourth-order valence-corrected chi connectivity index (χ4v) is 1.39. The predicted molar refractivity (Wildman–Crippen MR) is 60.3 cm³/mol. The molecule has 0 spiro atoms. The van der Waals surface area contributed by atoms with Crippen LogP contribution in [0.15, 0.2) is 30.3 Å². The first kappa shape index (κ1) is 12.3. The van der Waals surface area contributed by atoms with E-state index in [9.17, 15) is 14.4 Å². The molecule has 0 unspecified atom stereocenters. The Labute approximate surface area is 94.5 Å². The molecule has 16 heavy (non-hydrogen) atoms. The quantitative estimate of drug-likeness (QED) is 0.543. The molecule has 0 atom stereocenters. The molecule has 0 bridgehead atoms. The maximum atomic E-state index is 11.6. The summed E-state index contributed by atoms with van der Waals surface area (Å²) in [5, 5.41) is 0. The van der Waals surface area contributed by atoms with Gasteiger partial charge < -0.3 is 0 Å². The van der Waals surface area contributed by atoms with Gasteiger partial charge in [-0.05, 0) is 6.92 Å². The lowest BCUT2D eigenvalue weighted by molar-refractivity contribution is -0.125. The second-order valence-electron chi connectivity index (χ2n) is 3.71. The smallest absolute Gasteiger partial charge is 0.163 e. The van der Waals surface area contributed by atoms with Gasteiger partial charge in [-0.2, -0.15) is 0 Å². The Morgan fingerprint density at radius 3 is 2.19 bits per heavy atom. The third-order valence-electron chi connectivity index (χ3n) is 2.17. The van der Waals surface area contributed by atoms with E-state index < -0.39 is 0 Å². The minimum absolute atomic E-state index is 0.0579. The van der Waals surface area contributed by atoms with Crippen LogP contribution in [0.25, 0.3) is 0 Å². The van der Waals surface area contributed by atoms with Crippen LogP contribution in [0, 0.1) is 0 Å². The molecule has 0 saturated carbocycles. The van der Waals surface area contributed by atoms with E-state index in [0.29, 0.717) is 5.56 Å². The Morgan fingerprint density at radius 2 is 1.62 bits per heavy atom. The fraction of sp³-hybridized carbons (Fsp3) is 0.308. The van der Waals surface area contributed by atoms with Gasteiger partial charge in [-0.15, -0.1) is 0 Å². The molecule has 0 amide bonds. The van der Waals surface area contributed by atoms with E-state index in [1.165, 1.54) is 6.92 Å². The van der Waals surface area contributed by atoms with Crippen LogP contribution >= 0.6 is 0 Å². The summed E-state index contributed by atoms with van der Waals surface area (Å²) in [4.78, 5) is 33.5. The van der Waals surface area contributed by atoms with Crippen molar-refractivity contribution in [2.75, 3.05) is 0 Å². The second kappa shape index (κ2) is 5.95.